The minimum atomic E-state index is -0.503. The van der Waals surface area contributed by atoms with Crippen LogP contribution in [0.2, 0.25) is 0 Å². The summed E-state index contributed by atoms with van der Waals surface area (Å²) in [6.07, 6.45) is 1.35. The lowest BCUT2D eigenvalue weighted by Crippen LogP contribution is -2.27. The number of hydrogen-bond acceptors (Lipinski definition) is 4. The molecule has 0 saturated carbocycles. The quantitative estimate of drug-likeness (QED) is 0.460. The third kappa shape index (κ3) is 4.11. The number of phenolic OH excluding ortho intramolecular Hbond substituents is 2. The maximum Gasteiger partial charge on any atom is 0.262 e. The van der Waals surface area contributed by atoms with Crippen molar-refractivity contribution >= 4 is 12.0 Å². The number of rotatable bonds is 4. The molecule has 2 aromatic rings. The van der Waals surface area contributed by atoms with Crippen LogP contribution in [0.1, 0.15) is 24.1 Å². The first-order valence-electron chi connectivity index (χ1n) is 7.01. The number of aromatic hydroxyl groups is 2. The summed E-state index contributed by atoms with van der Waals surface area (Å²) in [5.74, 6) is -1.08. The number of amides is 1. The van der Waals surface area contributed by atoms with Crippen molar-refractivity contribution in [2.75, 3.05) is 0 Å². The van der Waals surface area contributed by atoms with Crippen LogP contribution >= 0.6 is 0 Å². The highest BCUT2D eigenvalue weighted by molar-refractivity contribution is 6.01. The summed E-state index contributed by atoms with van der Waals surface area (Å²) in [5, 5.41) is 30.7. The Morgan fingerprint density at radius 3 is 2.48 bits per heavy atom. The number of hydrogen-bond donors (Lipinski definition) is 3. The van der Waals surface area contributed by atoms with Crippen LogP contribution in [0.5, 0.6) is 11.5 Å². The molecular weight excluding hydrogens is 292 g/mol. The third-order valence-electron chi connectivity index (χ3n) is 3.32. The van der Waals surface area contributed by atoms with Crippen LogP contribution in [0.3, 0.4) is 0 Å². The van der Waals surface area contributed by atoms with E-state index in [9.17, 15) is 20.3 Å². The molecule has 0 aliphatic carbocycles. The highest BCUT2D eigenvalue weighted by Crippen LogP contribution is 2.26. The molecule has 1 amide bonds. The molecule has 2 rings (SSSR count). The maximum absolute atomic E-state index is 12.2. The molecule has 0 saturated heterocycles. The number of carbonyl (C=O) groups excluding carboxylic acids is 1. The Balaban J connectivity index is 2.17. The van der Waals surface area contributed by atoms with Gasteiger partial charge in [-0.1, -0.05) is 36.4 Å². The van der Waals surface area contributed by atoms with E-state index in [1.54, 1.807) is 0 Å². The Morgan fingerprint density at radius 1 is 1.17 bits per heavy atom. The molecule has 0 bridgehead atoms. The van der Waals surface area contributed by atoms with Gasteiger partial charge in [0.2, 0.25) is 0 Å². The average Bonchev–Trinajstić information content (AvgIpc) is 2.56. The van der Waals surface area contributed by atoms with Gasteiger partial charge in [-0.3, -0.25) is 4.79 Å². The lowest BCUT2D eigenvalue weighted by atomic mass is 10.1. The molecule has 0 unspecified atom stereocenters. The van der Waals surface area contributed by atoms with Gasteiger partial charge in [-0.25, -0.2) is 0 Å². The zero-order chi connectivity index (χ0) is 16.8. The number of benzene rings is 2. The minimum Gasteiger partial charge on any atom is -0.504 e. The summed E-state index contributed by atoms with van der Waals surface area (Å²) < 4.78 is 0. The van der Waals surface area contributed by atoms with Gasteiger partial charge in [-0.15, -0.1) is 0 Å². The Kier molecular flexibility index (Phi) is 5.00. The first-order valence-corrected chi connectivity index (χ1v) is 7.01. The molecule has 23 heavy (non-hydrogen) atoms. The standard InChI is InChI=1S/C18H16N2O3/c1-12(14-5-3-2-4-6-14)20-18(23)15(11-19)9-13-7-8-16(21)17(22)10-13/h2-10,12,21-22H,1H3,(H,20,23)/b15-9-/t12-/m1/s1. The number of carbonyl (C=O) groups is 1. The summed E-state index contributed by atoms with van der Waals surface area (Å²) >= 11 is 0. The molecule has 0 heterocycles. The van der Waals surface area contributed by atoms with Gasteiger partial charge in [0.05, 0.1) is 6.04 Å². The van der Waals surface area contributed by atoms with Crippen molar-refractivity contribution in [3.05, 3.63) is 65.2 Å². The number of phenols is 2. The van der Waals surface area contributed by atoms with Crippen molar-refractivity contribution in [2.24, 2.45) is 0 Å². The summed E-state index contributed by atoms with van der Waals surface area (Å²) in [7, 11) is 0. The molecule has 1 atom stereocenters. The van der Waals surface area contributed by atoms with Gasteiger partial charge in [-0.2, -0.15) is 5.26 Å². The largest absolute Gasteiger partial charge is 0.504 e. The summed E-state index contributed by atoms with van der Waals surface area (Å²) in [4.78, 5) is 12.2. The van der Waals surface area contributed by atoms with Crippen LogP contribution in [-0.4, -0.2) is 16.1 Å². The van der Waals surface area contributed by atoms with E-state index in [4.69, 9.17) is 0 Å². The topological polar surface area (TPSA) is 93.4 Å². The molecule has 116 valence electrons. The van der Waals surface area contributed by atoms with Crippen LogP contribution in [-0.2, 0) is 4.79 Å². The van der Waals surface area contributed by atoms with Gasteiger partial charge < -0.3 is 15.5 Å². The van der Waals surface area contributed by atoms with Crippen LogP contribution in [0.4, 0.5) is 0 Å². The van der Waals surface area contributed by atoms with E-state index in [0.717, 1.165) is 5.56 Å². The van der Waals surface area contributed by atoms with Gasteiger partial charge in [0.15, 0.2) is 11.5 Å². The Hall–Kier alpha value is -3.26. The van der Waals surface area contributed by atoms with Crippen LogP contribution in [0.25, 0.3) is 6.08 Å². The predicted octanol–water partition coefficient (Wildman–Crippen LogP) is 2.88. The van der Waals surface area contributed by atoms with E-state index in [2.05, 4.69) is 5.32 Å². The van der Waals surface area contributed by atoms with Gasteiger partial charge >= 0.3 is 0 Å². The lowest BCUT2D eigenvalue weighted by Gasteiger charge is -2.13. The van der Waals surface area contributed by atoms with Gasteiger partial charge in [-0.05, 0) is 36.3 Å². The summed E-state index contributed by atoms with van der Waals surface area (Å²) in [5.41, 5.74) is 1.29. The van der Waals surface area contributed by atoms with Crippen molar-refractivity contribution in [1.29, 1.82) is 5.26 Å². The molecule has 0 aliphatic rings. The van der Waals surface area contributed by atoms with Crippen molar-refractivity contribution < 1.29 is 15.0 Å². The second-order valence-corrected chi connectivity index (χ2v) is 5.02. The first-order chi connectivity index (χ1) is 11.0. The molecular formula is C18H16N2O3. The summed E-state index contributed by atoms with van der Waals surface area (Å²) in [6, 6.07) is 15.1. The highest BCUT2D eigenvalue weighted by atomic mass is 16.3. The normalized spacial score (nSPS) is 12.3. The van der Waals surface area contributed by atoms with Crippen LogP contribution in [0.15, 0.2) is 54.1 Å². The number of nitrogens with one attached hydrogen (secondary N) is 1. The molecule has 0 radical (unpaired) electrons. The van der Waals surface area contributed by atoms with E-state index < -0.39 is 5.91 Å². The van der Waals surface area contributed by atoms with E-state index >= 15 is 0 Å². The predicted molar refractivity (Wildman–Crippen MR) is 86.4 cm³/mol. The second kappa shape index (κ2) is 7.14. The van der Waals surface area contributed by atoms with Crippen molar-refractivity contribution in [3.8, 4) is 17.6 Å². The fourth-order valence-electron chi connectivity index (χ4n) is 2.04. The van der Waals surface area contributed by atoms with E-state index in [-0.39, 0.29) is 23.1 Å². The molecule has 0 spiro atoms. The smallest absolute Gasteiger partial charge is 0.262 e. The Bertz CT molecular complexity index is 777. The van der Waals surface area contributed by atoms with Crippen LogP contribution < -0.4 is 5.32 Å². The molecule has 5 nitrogen and oxygen atoms in total. The zero-order valence-corrected chi connectivity index (χ0v) is 12.5. The SMILES string of the molecule is C[C@@H](NC(=O)/C(C#N)=C\c1ccc(O)c(O)c1)c1ccccc1. The zero-order valence-electron chi connectivity index (χ0n) is 12.5. The van der Waals surface area contributed by atoms with E-state index in [1.807, 2.05) is 43.3 Å². The molecule has 3 N–H and O–H groups in total. The highest BCUT2D eigenvalue weighted by Gasteiger charge is 2.14. The van der Waals surface area contributed by atoms with E-state index in [1.165, 1.54) is 24.3 Å². The molecule has 5 heteroatoms. The van der Waals surface area contributed by atoms with Crippen LogP contribution in [0, 0.1) is 11.3 Å². The monoisotopic (exact) mass is 308 g/mol. The number of nitriles is 1. The fourth-order valence-corrected chi connectivity index (χ4v) is 2.04. The van der Waals surface area contributed by atoms with E-state index in [0.29, 0.717) is 5.56 Å². The van der Waals surface area contributed by atoms with Gasteiger partial charge in [0, 0.05) is 0 Å². The summed E-state index contributed by atoms with van der Waals surface area (Å²) in [6.45, 7) is 1.83. The van der Waals surface area contributed by atoms with Gasteiger partial charge in [0.1, 0.15) is 11.6 Å². The number of nitrogens with zero attached hydrogens (tertiary/aromatic N) is 1. The Morgan fingerprint density at radius 2 is 1.87 bits per heavy atom. The van der Waals surface area contributed by atoms with Gasteiger partial charge in [0.25, 0.3) is 5.91 Å². The second-order valence-electron chi connectivity index (χ2n) is 5.02. The van der Waals surface area contributed by atoms with Crippen molar-refractivity contribution in [2.45, 2.75) is 13.0 Å². The molecule has 0 aliphatic heterocycles. The molecule has 2 aromatic carbocycles. The molecule has 0 aromatic heterocycles. The first kappa shape index (κ1) is 16.1. The van der Waals surface area contributed by atoms with Crippen molar-refractivity contribution in [3.63, 3.8) is 0 Å². The molecule has 0 fully saturated rings. The third-order valence-corrected chi connectivity index (χ3v) is 3.32. The Labute approximate surface area is 134 Å². The average molecular weight is 308 g/mol. The lowest BCUT2D eigenvalue weighted by molar-refractivity contribution is -0.117. The minimum absolute atomic E-state index is 0.0853. The fraction of sp³-hybridized carbons (Fsp3) is 0.111. The maximum atomic E-state index is 12.2. The van der Waals surface area contributed by atoms with Crippen molar-refractivity contribution in [1.82, 2.24) is 5.32 Å².